The van der Waals surface area contributed by atoms with E-state index in [1.165, 1.54) is 28.7 Å². The van der Waals surface area contributed by atoms with Crippen LogP contribution in [0.5, 0.6) is 5.75 Å². The zero-order valence-corrected chi connectivity index (χ0v) is 23.8. The van der Waals surface area contributed by atoms with Gasteiger partial charge in [-0.3, -0.25) is 19.9 Å². The van der Waals surface area contributed by atoms with E-state index in [1.54, 1.807) is 18.3 Å². The number of carbonyl (C=O) groups excluding carboxylic acids is 2. The Bertz CT molecular complexity index is 1700. The number of imide groups is 1. The molecule has 3 amide bonds. The number of halogens is 3. The quantitative estimate of drug-likeness (QED) is 0.291. The Morgan fingerprint density at radius 3 is 2.64 bits per heavy atom. The highest BCUT2D eigenvalue weighted by atomic mass is 35.5. The lowest BCUT2D eigenvalue weighted by atomic mass is 10.1. The van der Waals surface area contributed by atoms with Gasteiger partial charge in [-0.2, -0.15) is 0 Å². The van der Waals surface area contributed by atoms with E-state index in [4.69, 9.17) is 16.3 Å². The van der Waals surface area contributed by atoms with E-state index in [1.807, 2.05) is 24.6 Å². The van der Waals surface area contributed by atoms with Crippen molar-refractivity contribution >= 4 is 29.4 Å². The van der Waals surface area contributed by atoms with Gasteiger partial charge in [0.2, 0.25) is 5.91 Å². The second kappa shape index (κ2) is 11.2. The van der Waals surface area contributed by atoms with E-state index in [2.05, 4.69) is 27.3 Å². The largest absolute Gasteiger partial charge is 0.486 e. The van der Waals surface area contributed by atoms with Crippen LogP contribution in [0.3, 0.4) is 0 Å². The molecule has 2 aliphatic heterocycles. The number of hydrogen-bond donors (Lipinski definition) is 1. The number of nitrogens with zero attached hydrogens (tertiary/aromatic N) is 4. The molecular weight excluding hydrogens is 564 g/mol. The lowest BCUT2D eigenvalue weighted by molar-refractivity contribution is -0.120. The van der Waals surface area contributed by atoms with Crippen LogP contribution >= 0.6 is 11.6 Å². The summed E-state index contributed by atoms with van der Waals surface area (Å²) < 4.78 is 36.5. The van der Waals surface area contributed by atoms with Crippen molar-refractivity contribution in [1.82, 2.24) is 19.8 Å². The standard InChI is InChI=1S/C31H28ClF2N5O3/c1-18-10-27(42-17-23-24(32)4-3-5-25(23)33)26(34)12-21(18)15-38-14-20-7-6-19(11-22(20)16-38)30-35-13-29(37(30)2)39-9-8-28(40)36-31(39)41/h3-7,10-13H,8-9,14-17H2,1-2H3,(H,36,40,41). The maximum absolute atomic E-state index is 15.0. The Morgan fingerprint density at radius 1 is 1.05 bits per heavy atom. The van der Waals surface area contributed by atoms with E-state index in [-0.39, 0.29) is 35.3 Å². The molecule has 3 aromatic carbocycles. The Labute approximate surface area is 246 Å². The highest BCUT2D eigenvalue weighted by Crippen LogP contribution is 2.32. The summed E-state index contributed by atoms with van der Waals surface area (Å²) in [5, 5.41) is 2.58. The maximum atomic E-state index is 15.0. The minimum atomic E-state index is -0.514. The van der Waals surface area contributed by atoms with Gasteiger partial charge < -0.3 is 9.30 Å². The summed E-state index contributed by atoms with van der Waals surface area (Å²) in [5.74, 6) is 0.0742. The predicted molar refractivity (Wildman–Crippen MR) is 154 cm³/mol. The zero-order chi connectivity index (χ0) is 29.5. The van der Waals surface area contributed by atoms with Crippen molar-refractivity contribution in [2.45, 2.75) is 39.6 Å². The minimum Gasteiger partial charge on any atom is -0.486 e. The third-order valence-electron chi connectivity index (χ3n) is 7.76. The summed E-state index contributed by atoms with van der Waals surface area (Å²) in [4.78, 5) is 32.2. The Hall–Kier alpha value is -4.28. The van der Waals surface area contributed by atoms with Gasteiger partial charge in [0, 0.05) is 50.8 Å². The molecule has 1 fully saturated rings. The Morgan fingerprint density at radius 2 is 1.86 bits per heavy atom. The first-order valence-electron chi connectivity index (χ1n) is 13.5. The molecular formula is C31H28ClF2N5O3. The molecule has 0 aliphatic carbocycles. The van der Waals surface area contributed by atoms with Crippen molar-refractivity contribution < 1.29 is 23.1 Å². The Kier molecular flexibility index (Phi) is 7.42. The number of aryl methyl sites for hydroxylation is 1. The van der Waals surface area contributed by atoms with E-state index in [9.17, 15) is 14.0 Å². The fourth-order valence-corrected chi connectivity index (χ4v) is 5.67. The van der Waals surface area contributed by atoms with Crippen molar-refractivity contribution in [2.75, 3.05) is 11.4 Å². The number of anilines is 1. The number of rotatable bonds is 7. The molecule has 3 heterocycles. The van der Waals surface area contributed by atoms with Gasteiger partial charge in [-0.15, -0.1) is 0 Å². The van der Waals surface area contributed by atoms with Gasteiger partial charge in [0.05, 0.1) is 11.2 Å². The molecule has 11 heteroatoms. The van der Waals surface area contributed by atoms with Crippen LogP contribution in [-0.4, -0.2) is 32.9 Å². The summed E-state index contributed by atoms with van der Waals surface area (Å²) >= 11 is 6.07. The molecule has 0 unspecified atom stereocenters. The van der Waals surface area contributed by atoms with E-state index < -0.39 is 17.7 Å². The number of imidazole rings is 1. The van der Waals surface area contributed by atoms with E-state index >= 15 is 4.39 Å². The third kappa shape index (κ3) is 5.35. The van der Waals surface area contributed by atoms with Crippen LogP contribution in [0.4, 0.5) is 19.4 Å². The van der Waals surface area contributed by atoms with Crippen molar-refractivity contribution in [2.24, 2.45) is 7.05 Å². The van der Waals surface area contributed by atoms with Crippen molar-refractivity contribution in [3.8, 4) is 17.1 Å². The van der Waals surface area contributed by atoms with Crippen LogP contribution in [0.2, 0.25) is 5.02 Å². The number of benzene rings is 3. The number of urea groups is 1. The fraction of sp³-hybridized carbons (Fsp3) is 0.258. The molecule has 8 nitrogen and oxygen atoms in total. The van der Waals surface area contributed by atoms with Crippen molar-refractivity contribution in [3.63, 3.8) is 0 Å². The fourth-order valence-electron chi connectivity index (χ4n) is 5.46. The summed E-state index contributed by atoms with van der Waals surface area (Å²) in [6.45, 7) is 3.97. The molecule has 0 spiro atoms. The predicted octanol–water partition coefficient (Wildman–Crippen LogP) is 5.87. The second-order valence-electron chi connectivity index (χ2n) is 10.6. The normalized spacial score (nSPS) is 15.2. The van der Waals surface area contributed by atoms with Gasteiger partial charge in [-0.1, -0.05) is 29.8 Å². The Balaban J connectivity index is 1.14. The first-order valence-corrected chi connectivity index (χ1v) is 13.9. The summed E-state index contributed by atoms with van der Waals surface area (Å²) in [5.41, 5.74) is 5.14. The van der Waals surface area contributed by atoms with Crippen LogP contribution < -0.4 is 15.0 Å². The molecule has 1 N–H and O–H groups in total. The monoisotopic (exact) mass is 591 g/mol. The summed E-state index contributed by atoms with van der Waals surface area (Å²) in [6.07, 6.45) is 1.88. The third-order valence-corrected chi connectivity index (χ3v) is 8.12. The van der Waals surface area contributed by atoms with Gasteiger partial charge in [-0.25, -0.2) is 18.6 Å². The lowest BCUT2D eigenvalue weighted by Gasteiger charge is -2.26. The molecule has 0 saturated carbocycles. The average molecular weight is 592 g/mol. The molecule has 1 saturated heterocycles. The topological polar surface area (TPSA) is 79.7 Å². The highest BCUT2D eigenvalue weighted by Gasteiger charge is 2.28. The smallest absolute Gasteiger partial charge is 0.329 e. The van der Waals surface area contributed by atoms with Crippen LogP contribution in [0.1, 0.15) is 34.2 Å². The van der Waals surface area contributed by atoms with Crippen molar-refractivity contribution in [1.29, 1.82) is 0 Å². The first-order chi connectivity index (χ1) is 20.2. The molecule has 0 radical (unpaired) electrons. The number of nitrogens with one attached hydrogen (secondary N) is 1. The molecule has 4 aromatic rings. The van der Waals surface area contributed by atoms with E-state index in [0.717, 1.165) is 22.3 Å². The van der Waals surface area contributed by atoms with Crippen LogP contribution in [-0.2, 0) is 38.1 Å². The first kappa shape index (κ1) is 27.9. The van der Waals surface area contributed by atoms with Crippen LogP contribution in [0.25, 0.3) is 11.4 Å². The summed E-state index contributed by atoms with van der Waals surface area (Å²) in [6, 6.07) is 13.2. The number of ether oxygens (including phenoxy) is 1. The van der Waals surface area contributed by atoms with Crippen molar-refractivity contribution in [3.05, 3.63) is 99.2 Å². The molecule has 1 aromatic heterocycles. The molecule has 216 valence electrons. The van der Waals surface area contributed by atoms with E-state index in [0.29, 0.717) is 37.8 Å². The van der Waals surface area contributed by atoms with Gasteiger partial charge >= 0.3 is 6.03 Å². The number of aromatic nitrogens is 2. The molecule has 6 rings (SSSR count). The molecule has 2 aliphatic rings. The number of amides is 3. The van der Waals surface area contributed by atoms with Crippen LogP contribution in [0, 0.1) is 18.6 Å². The number of carbonyl (C=O) groups is 2. The number of hydrogen-bond acceptors (Lipinski definition) is 5. The van der Waals surface area contributed by atoms with Gasteiger partial charge in [0.25, 0.3) is 0 Å². The lowest BCUT2D eigenvalue weighted by Crippen LogP contribution is -2.50. The molecule has 0 bridgehead atoms. The SMILES string of the molecule is Cc1cc(OCc2c(F)cccc2Cl)c(F)cc1CN1Cc2ccc(-c3ncc(N4CCC(=O)NC4=O)n3C)cc2C1. The minimum absolute atomic E-state index is 0.0491. The number of fused-ring (bicyclic) bond motifs is 1. The molecule has 42 heavy (non-hydrogen) atoms. The average Bonchev–Trinajstić information content (AvgIpc) is 3.53. The second-order valence-corrected chi connectivity index (χ2v) is 11.0. The van der Waals surface area contributed by atoms with Crippen LogP contribution in [0.15, 0.2) is 54.7 Å². The molecule has 0 atom stereocenters. The highest BCUT2D eigenvalue weighted by molar-refractivity contribution is 6.31. The maximum Gasteiger partial charge on any atom is 0.329 e. The van der Waals surface area contributed by atoms with Gasteiger partial charge in [0.1, 0.15) is 24.1 Å². The summed E-state index contributed by atoms with van der Waals surface area (Å²) in [7, 11) is 1.84. The van der Waals surface area contributed by atoms with Gasteiger partial charge in [-0.05, 0) is 59.5 Å². The van der Waals surface area contributed by atoms with Gasteiger partial charge in [0.15, 0.2) is 11.6 Å². The zero-order valence-electron chi connectivity index (χ0n) is 23.1.